The van der Waals surface area contributed by atoms with Crippen LogP contribution in [0.4, 0.5) is 0 Å². The summed E-state index contributed by atoms with van der Waals surface area (Å²) in [6, 6.07) is 12.7. The molecule has 4 rings (SSSR count). The SMILES string of the molecule is COc1ccc([C@H]2CC(=O)[C@H]3C(=NC(C)=C(C(=O)OCC(C)C)[C@@H]3c3ccc(O)c(OC)c3)C2)cc1. The Balaban J connectivity index is 1.77. The van der Waals surface area contributed by atoms with E-state index >= 15 is 0 Å². The van der Waals surface area contributed by atoms with Gasteiger partial charge in [0.1, 0.15) is 11.5 Å². The van der Waals surface area contributed by atoms with Gasteiger partial charge in [0.15, 0.2) is 11.5 Å². The maximum atomic E-state index is 13.7. The number of benzene rings is 2. The third-order valence-electron chi connectivity index (χ3n) is 6.87. The van der Waals surface area contributed by atoms with Crippen molar-refractivity contribution in [3.05, 3.63) is 64.9 Å². The third kappa shape index (κ3) is 5.01. The lowest BCUT2D eigenvalue weighted by Gasteiger charge is -2.38. The highest BCUT2D eigenvalue weighted by molar-refractivity contribution is 6.12. The Morgan fingerprint density at radius 3 is 2.36 bits per heavy atom. The zero-order valence-electron chi connectivity index (χ0n) is 21.4. The van der Waals surface area contributed by atoms with E-state index in [1.807, 2.05) is 38.1 Å². The molecule has 7 heteroatoms. The van der Waals surface area contributed by atoms with E-state index in [0.717, 1.165) is 17.0 Å². The zero-order valence-corrected chi connectivity index (χ0v) is 21.4. The van der Waals surface area contributed by atoms with Crippen LogP contribution in [-0.4, -0.2) is 43.4 Å². The van der Waals surface area contributed by atoms with Gasteiger partial charge < -0.3 is 19.3 Å². The number of carbonyl (C=O) groups excluding carboxylic acids is 2. The first kappa shape index (κ1) is 25.5. The monoisotopic (exact) mass is 491 g/mol. The molecule has 0 spiro atoms. The number of fused-ring (bicyclic) bond motifs is 1. The first-order chi connectivity index (χ1) is 17.2. The molecular weight excluding hydrogens is 458 g/mol. The number of rotatable bonds is 7. The topological polar surface area (TPSA) is 94.4 Å². The van der Waals surface area contributed by atoms with Crippen LogP contribution in [0.2, 0.25) is 0 Å². The Bertz CT molecular complexity index is 1210. The van der Waals surface area contributed by atoms with E-state index in [4.69, 9.17) is 19.2 Å². The number of carbonyl (C=O) groups is 2. The van der Waals surface area contributed by atoms with Crippen LogP contribution < -0.4 is 9.47 Å². The molecule has 1 aliphatic carbocycles. The molecule has 0 amide bonds. The van der Waals surface area contributed by atoms with Crippen molar-refractivity contribution in [1.29, 1.82) is 0 Å². The summed E-state index contributed by atoms with van der Waals surface area (Å²) in [5.41, 5.74) is 3.46. The summed E-state index contributed by atoms with van der Waals surface area (Å²) < 4.78 is 16.2. The van der Waals surface area contributed by atoms with Crippen LogP contribution in [0.25, 0.3) is 0 Å². The molecular formula is C29H33NO6. The Labute approximate surface area is 211 Å². The van der Waals surface area contributed by atoms with Crippen molar-refractivity contribution in [1.82, 2.24) is 0 Å². The van der Waals surface area contributed by atoms with Crippen molar-refractivity contribution in [2.24, 2.45) is 16.8 Å². The van der Waals surface area contributed by atoms with Crippen LogP contribution in [0.3, 0.4) is 0 Å². The zero-order chi connectivity index (χ0) is 26.0. The second kappa shape index (κ2) is 10.6. The van der Waals surface area contributed by atoms with Gasteiger partial charge >= 0.3 is 5.97 Å². The maximum Gasteiger partial charge on any atom is 0.336 e. The molecule has 0 unspecified atom stereocenters. The quantitative estimate of drug-likeness (QED) is 0.536. The fourth-order valence-corrected chi connectivity index (χ4v) is 5.12. The summed E-state index contributed by atoms with van der Waals surface area (Å²) in [5, 5.41) is 10.2. The van der Waals surface area contributed by atoms with E-state index < -0.39 is 17.8 Å². The fourth-order valence-electron chi connectivity index (χ4n) is 5.12. The van der Waals surface area contributed by atoms with Crippen molar-refractivity contribution in [2.45, 2.75) is 45.4 Å². The number of esters is 1. The minimum Gasteiger partial charge on any atom is -0.504 e. The number of methoxy groups -OCH3 is 2. The first-order valence-electron chi connectivity index (χ1n) is 12.2. The Hall–Kier alpha value is -3.61. The molecule has 7 nitrogen and oxygen atoms in total. The van der Waals surface area contributed by atoms with Gasteiger partial charge in [0.25, 0.3) is 0 Å². The number of phenols is 1. The smallest absolute Gasteiger partial charge is 0.336 e. The van der Waals surface area contributed by atoms with Gasteiger partial charge in [0, 0.05) is 23.7 Å². The summed E-state index contributed by atoms with van der Waals surface area (Å²) in [5.74, 6) is -0.394. The number of allylic oxidation sites excluding steroid dienone is 1. The predicted octanol–water partition coefficient (Wildman–Crippen LogP) is 5.18. The second-order valence-electron chi connectivity index (χ2n) is 9.83. The molecule has 190 valence electrons. The van der Waals surface area contributed by atoms with Crippen LogP contribution in [0.5, 0.6) is 17.2 Å². The Kier molecular flexibility index (Phi) is 7.48. The lowest BCUT2D eigenvalue weighted by atomic mass is 9.66. The van der Waals surface area contributed by atoms with Gasteiger partial charge in [-0.15, -0.1) is 0 Å². The molecule has 1 aliphatic heterocycles. The molecule has 2 aliphatic rings. The number of phenolic OH excluding ortho intramolecular Hbond substituents is 1. The van der Waals surface area contributed by atoms with Gasteiger partial charge in [-0.05, 0) is 60.6 Å². The number of hydrogen-bond acceptors (Lipinski definition) is 7. The van der Waals surface area contributed by atoms with Crippen LogP contribution in [0.15, 0.2) is 58.7 Å². The van der Waals surface area contributed by atoms with Crippen molar-refractivity contribution >= 4 is 17.5 Å². The van der Waals surface area contributed by atoms with E-state index in [1.54, 1.807) is 26.2 Å². The van der Waals surface area contributed by atoms with Crippen LogP contribution in [0.1, 0.15) is 56.6 Å². The minimum absolute atomic E-state index is 0.00403. The van der Waals surface area contributed by atoms with Crippen LogP contribution in [-0.2, 0) is 14.3 Å². The number of aromatic hydroxyl groups is 1. The van der Waals surface area contributed by atoms with Gasteiger partial charge in [-0.3, -0.25) is 9.79 Å². The average molecular weight is 492 g/mol. The minimum atomic E-state index is -0.584. The third-order valence-corrected chi connectivity index (χ3v) is 6.87. The van der Waals surface area contributed by atoms with Crippen molar-refractivity contribution in [3.8, 4) is 17.2 Å². The van der Waals surface area contributed by atoms with Crippen molar-refractivity contribution < 1.29 is 28.9 Å². The highest BCUT2D eigenvalue weighted by atomic mass is 16.5. The Morgan fingerprint density at radius 1 is 1.03 bits per heavy atom. The van der Waals surface area contributed by atoms with E-state index in [2.05, 4.69) is 0 Å². The average Bonchev–Trinajstić information content (AvgIpc) is 2.86. The number of aliphatic imine (C=N–C) groups is 1. The summed E-state index contributed by atoms with van der Waals surface area (Å²) in [7, 11) is 3.09. The van der Waals surface area contributed by atoms with Crippen LogP contribution in [0, 0.1) is 11.8 Å². The largest absolute Gasteiger partial charge is 0.504 e. The molecule has 2 aromatic rings. The number of hydrogen-bond donors (Lipinski definition) is 1. The van der Waals surface area contributed by atoms with E-state index in [-0.39, 0.29) is 35.7 Å². The molecule has 0 bridgehead atoms. The van der Waals surface area contributed by atoms with Gasteiger partial charge in [0.2, 0.25) is 0 Å². The molecule has 3 atom stereocenters. The van der Waals surface area contributed by atoms with Gasteiger partial charge in [-0.25, -0.2) is 4.79 Å². The first-order valence-corrected chi connectivity index (χ1v) is 12.2. The van der Waals surface area contributed by atoms with E-state index in [1.165, 1.54) is 13.2 Å². The number of ether oxygens (including phenoxy) is 3. The lowest BCUT2D eigenvalue weighted by molar-refractivity contribution is -0.140. The summed E-state index contributed by atoms with van der Waals surface area (Å²) in [6.45, 7) is 6.01. The summed E-state index contributed by atoms with van der Waals surface area (Å²) in [4.78, 5) is 31.8. The van der Waals surface area contributed by atoms with Gasteiger partial charge in [-0.1, -0.05) is 32.0 Å². The molecule has 1 saturated carbocycles. The highest BCUT2D eigenvalue weighted by Crippen LogP contribution is 2.47. The number of ketones is 1. The van der Waals surface area contributed by atoms with Crippen molar-refractivity contribution in [2.75, 3.05) is 20.8 Å². The molecule has 2 aromatic carbocycles. The normalized spacial score (nSPS) is 21.7. The van der Waals surface area contributed by atoms with Gasteiger partial charge in [0.05, 0.1) is 32.3 Å². The number of nitrogens with zero attached hydrogens (tertiary/aromatic N) is 1. The fraction of sp³-hybridized carbons (Fsp3) is 0.414. The summed E-state index contributed by atoms with van der Waals surface area (Å²) in [6.07, 6.45) is 0.954. The van der Waals surface area contributed by atoms with Gasteiger partial charge in [-0.2, -0.15) is 0 Å². The predicted molar refractivity (Wildman–Crippen MR) is 137 cm³/mol. The van der Waals surface area contributed by atoms with E-state index in [0.29, 0.717) is 29.7 Å². The van der Waals surface area contributed by atoms with Crippen LogP contribution >= 0.6 is 0 Å². The highest BCUT2D eigenvalue weighted by Gasteiger charge is 2.46. The Morgan fingerprint density at radius 2 is 1.72 bits per heavy atom. The lowest BCUT2D eigenvalue weighted by Crippen LogP contribution is -2.41. The van der Waals surface area contributed by atoms with E-state index in [9.17, 15) is 14.7 Å². The molecule has 1 N–H and O–H groups in total. The standard InChI is InChI=1S/C29H33NO6/c1-16(2)15-36-29(33)26-17(3)30-22-12-20(18-6-9-21(34-4)10-7-18)13-24(32)28(22)27(26)19-8-11-23(31)25(14-19)35-5/h6-11,14,16,20,27-28,31H,12-13,15H2,1-5H3/t20-,27+,28-/m1/s1. The number of Topliss-reactive ketones (excluding diaryl/α,β-unsaturated/α-hetero) is 1. The van der Waals surface area contributed by atoms with Crippen molar-refractivity contribution in [3.63, 3.8) is 0 Å². The molecule has 0 radical (unpaired) electrons. The maximum absolute atomic E-state index is 13.7. The molecule has 1 fully saturated rings. The molecule has 0 saturated heterocycles. The molecule has 1 heterocycles. The molecule has 0 aromatic heterocycles. The molecule has 36 heavy (non-hydrogen) atoms. The second-order valence-corrected chi connectivity index (χ2v) is 9.83. The summed E-state index contributed by atoms with van der Waals surface area (Å²) >= 11 is 0.